The van der Waals surface area contributed by atoms with Gasteiger partial charge in [-0.15, -0.1) is 0 Å². The lowest BCUT2D eigenvalue weighted by atomic mass is 10.2. The van der Waals surface area contributed by atoms with Crippen molar-refractivity contribution in [3.05, 3.63) is 17.9 Å². The number of hydrogen-bond donors (Lipinski definition) is 2. The van der Waals surface area contributed by atoms with Gasteiger partial charge < -0.3 is 20.5 Å². The van der Waals surface area contributed by atoms with Crippen molar-refractivity contribution in [2.45, 2.75) is 0 Å². The summed E-state index contributed by atoms with van der Waals surface area (Å²) >= 11 is 0. The fourth-order valence-corrected chi connectivity index (χ4v) is 2.05. The third kappa shape index (κ3) is 3.71. The molecule has 0 spiro atoms. The number of rotatable bonds is 5. The predicted octanol–water partition coefficient (Wildman–Crippen LogP) is 1.16. The number of methoxy groups -OCH3 is 1. The second-order valence-electron chi connectivity index (χ2n) is 4.45. The van der Waals surface area contributed by atoms with E-state index in [0.717, 1.165) is 39.4 Å². The molecule has 0 amide bonds. The lowest BCUT2D eigenvalue weighted by molar-refractivity contribution is 0.0398. The molecule has 1 fully saturated rings. The molecular formula is C13H20FN3O2. The first-order valence-electron chi connectivity index (χ1n) is 6.37. The first-order chi connectivity index (χ1) is 9.20. The summed E-state index contributed by atoms with van der Waals surface area (Å²) in [5.74, 6) is -0.248. The third-order valence-electron chi connectivity index (χ3n) is 3.17. The van der Waals surface area contributed by atoms with E-state index in [4.69, 9.17) is 15.2 Å². The van der Waals surface area contributed by atoms with E-state index in [1.54, 1.807) is 6.07 Å². The number of hydrogen-bond acceptors (Lipinski definition) is 5. The Morgan fingerprint density at radius 2 is 2.16 bits per heavy atom. The predicted molar refractivity (Wildman–Crippen MR) is 73.1 cm³/mol. The van der Waals surface area contributed by atoms with Crippen LogP contribution in [0.3, 0.4) is 0 Å². The molecule has 1 aliphatic heterocycles. The van der Waals surface area contributed by atoms with Crippen LogP contribution in [-0.2, 0) is 4.74 Å². The quantitative estimate of drug-likeness (QED) is 0.786. The van der Waals surface area contributed by atoms with Gasteiger partial charge in [0.05, 0.1) is 31.7 Å². The van der Waals surface area contributed by atoms with Gasteiger partial charge in [-0.05, 0) is 0 Å². The Kier molecular flexibility index (Phi) is 4.81. The van der Waals surface area contributed by atoms with Crippen molar-refractivity contribution in [1.29, 1.82) is 0 Å². The van der Waals surface area contributed by atoms with Crippen LogP contribution in [0.4, 0.5) is 15.8 Å². The molecule has 0 unspecified atom stereocenters. The van der Waals surface area contributed by atoms with Crippen LogP contribution in [0.25, 0.3) is 0 Å². The van der Waals surface area contributed by atoms with E-state index in [2.05, 4.69) is 10.2 Å². The molecule has 1 aliphatic rings. The first-order valence-corrected chi connectivity index (χ1v) is 6.37. The largest absolute Gasteiger partial charge is 0.494 e. The van der Waals surface area contributed by atoms with E-state index in [9.17, 15) is 4.39 Å². The standard InChI is InChI=1S/C13H20FN3O2/c1-18-13-9-12(11(15)8-10(13)14)16-2-3-17-4-6-19-7-5-17/h8-9,16H,2-7,15H2,1H3. The molecule has 0 bridgehead atoms. The Bertz CT molecular complexity index is 423. The zero-order chi connectivity index (χ0) is 13.7. The smallest absolute Gasteiger partial charge is 0.167 e. The monoisotopic (exact) mass is 269 g/mol. The SMILES string of the molecule is COc1cc(NCCN2CCOCC2)c(N)cc1F. The summed E-state index contributed by atoms with van der Waals surface area (Å²) in [6, 6.07) is 2.86. The maximum absolute atomic E-state index is 13.4. The average Bonchev–Trinajstić information content (AvgIpc) is 2.42. The minimum atomic E-state index is -0.446. The van der Waals surface area contributed by atoms with E-state index < -0.39 is 5.82 Å². The van der Waals surface area contributed by atoms with Crippen LogP contribution in [0, 0.1) is 5.82 Å². The Balaban J connectivity index is 1.88. The molecule has 0 aliphatic carbocycles. The number of morpholine rings is 1. The number of nitrogens with two attached hydrogens (primary N) is 1. The molecule has 3 N–H and O–H groups in total. The zero-order valence-corrected chi connectivity index (χ0v) is 11.1. The molecule has 0 aromatic heterocycles. The normalized spacial score (nSPS) is 16.3. The van der Waals surface area contributed by atoms with Crippen LogP contribution < -0.4 is 15.8 Å². The second kappa shape index (κ2) is 6.58. The van der Waals surface area contributed by atoms with Crippen molar-refractivity contribution >= 4 is 11.4 Å². The van der Waals surface area contributed by atoms with Gasteiger partial charge >= 0.3 is 0 Å². The van der Waals surface area contributed by atoms with Crippen LogP contribution in [0.5, 0.6) is 5.75 Å². The number of nitrogens with zero attached hydrogens (tertiary/aromatic N) is 1. The number of halogens is 1. The summed E-state index contributed by atoms with van der Waals surface area (Å²) < 4.78 is 23.6. The van der Waals surface area contributed by atoms with Gasteiger partial charge in [0, 0.05) is 38.3 Å². The molecule has 2 rings (SSSR count). The van der Waals surface area contributed by atoms with Crippen molar-refractivity contribution in [3.8, 4) is 5.75 Å². The minimum absolute atomic E-state index is 0.197. The Labute approximate surface area is 112 Å². The molecule has 1 heterocycles. The summed E-state index contributed by atoms with van der Waals surface area (Å²) in [6.07, 6.45) is 0. The van der Waals surface area contributed by atoms with Crippen LogP contribution >= 0.6 is 0 Å². The molecule has 106 valence electrons. The number of nitrogen functional groups attached to an aromatic ring is 1. The van der Waals surface area contributed by atoms with E-state index in [1.165, 1.54) is 13.2 Å². The molecule has 1 saturated heterocycles. The van der Waals surface area contributed by atoms with Crippen molar-refractivity contribution in [1.82, 2.24) is 4.90 Å². The average molecular weight is 269 g/mol. The van der Waals surface area contributed by atoms with Crippen molar-refractivity contribution in [2.24, 2.45) is 0 Å². The number of benzene rings is 1. The Hall–Kier alpha value is -1.53. The molecule has 0 radical (unpaired) electrons. The number of ether oxygens (including phenoxy) is 2. The Morgan fingerprint density at radius 3 is 2.84 bits per heavy atom. The number of nitrogens with one attached hydrogen (secondary N) is 1. The van der Waals surface area contributed by atoms with E-state index in [1.807, 2.05) is 0 Å². The van der Waals surface area contributed by atoms with Crippen LogP contribution in [-0.4, -0.2) is 51.4 Å². The van der Waals surface area contributed by atoms with Crippen molar-refractivity contribution < 1.29 is 13.9 Å². The van der Waals surface area contributed by atoms with E-state index in [0.29, 0.717) is 11.4 Å². The molecule has 5 nitrogen and oxygen atoms in total. The van der Waals surface area contributed by atoms with Crippen LogP contribution in [0.15, 0.2) is 12.1 Å². The molecule has 1 aromatic carbocycles. The highest BCUT2D eigenvalue weighted by Gasteiger charge is 2.11. The van der Waals surface area contributed by atoms with Gasteiger partial charge in [0.15, 0.2) is 11.6 Å². The van der Waals surface area contributed by atoms with Gasteiger partial charge in [0.2, 0.25) is 0 Å². The molecule has 0 saturated carbocycles. The summed E-state index contributed by atoms with van der Waals surface area (Å²) in [7, 11) is 1.44. The molecule has 0 atom stereocenters. The first kappa shape index (κ1) is 13.9. The van der Waals surface area contributed by atoms with E-state index in [-0.39, 0.29) is 5.75 Å². The van der Waals surface area contributed by atoms with Crippen molar-refractivity contribution in [3.63, 3.8) is 0 Å². The second-order valence-corrected chi connectivity index (χ2v) is 4.45. The lowest BCUT2D eigenvalue weighted by Gasteiger charge is -2.26. The highest BCUT2D eigenvalue weighted by atomic mass is 19.1. The van der Waals surface area contributed by atoms with Crippen molar-refractivity contribution in [2.75, 3.05) is 57.6 Å². The van der Waals surface area contributed by atoms with Gasteiger partial charge in [0.1, 0.15) is 0 Å². The maximum atomic E-state index is 13.4. The van der Waals surface area contributed by atoms with E-state index >= 15 is 0 Å². The highest BCUT2D eigenvalue weighted by Crippen LogP contribution is 2.27. The van der Waals surface area contributed by atoms with Crippen LogP contribution in [0.1, 0.15) is 0 Å². The zero-order valence-electron chi connectivity index (χ0n) is 11.1. The summed E-state index contributed by atoms with van der Waals surface area (Å²) in [4.78, 5) is 2.31. The molecule has 6 heteroatoms. The Morgan fingerprint density at radius 1 is 1.42 bits per heavy atom. The van der Waals surface area contributed by atoms with Gasteiger partial charge in [-0.1, -0.05) is 0 Å². The van der Waals surface area contributed by atoms with Crippen LogP contribution in [0.2, 0.25) is 0 Å². The highest BCUT2D eigenvalue weighted by molar-refractivity contribution is 5.68. The third-order valence-corrected chi connectivity index (χ3v) is 3.17. The van der Waals surface area contributed by atoms with Gasteiger partial charge in [-0.25, -0.2) is 4.39 Å². The molecule has 19 heavy (non-hydrogen) atoms. The van der Waals surface area contributed by atoms with Gasteiger partial charge in [0.25, 0.3) is 0 Å². The summed E-state index contributed by atoms with van der Waals surface area (Å²) in [5.41, 5.74) is 6.86. The minimum Gasteiger partial charge on any atom is -0.494 e. The fraction of sp³-hybridized carbons (Fsp3) is 0.538. The summed E-state index contributed by atoms with van der Waals surface area (Å²) in [6.45, 7) is 5.12. The maximum Gasteiger partial charge on any atom is 0.167 e. The lowest BCUT2D eigenvalue weighted by Crippen LogP contribution is -2.39. The van der Waals surface area contributed by atoms with Gasteiger partial charge in [-0.2, -0.15) is 0 Å². The molecular weight excluding hydrogens is 249 g/mol. The van der Waals surface area contributed by atoms with Gasteiger partial charge in [-0.3, -0.25) is 4.90 Å². The summed E-state index contributed by atoms with van der Waals surface area (Å²) in [5, 5.41) is 3.21. The molecule has 1 aromatic rings. The fourth-order valence-electron chi connectivity index (χ4n) is 2.05. The topological polar surface area (TPSA) is 59.8 Å². The number of anilines is 2.